The Morgan fingerprint density at radius 1 is 1.29 bits per heavy atom. The molecule has 3 heterocycles. The van der Waals surface area contributed by atoms with Gasteiger partial charge in [-0.3, -0.25) is 9.69 Å². The summed E-state index contributed by atoms with van der Waals surface area (Å²) in [6.45, 7) is 6.70. The van der Waals surface area contributed by atoms with E-state index >= 15 is 0 Å². The Bertz CT molecular complexity index is 1220. The van der Waals surface area contributed by atoms with E-state index in [0.717, 1.165) is 41.5 Å². The van der Waals surface area contributed by atoms with Crippen LogP contribution in [0.3, 0.4) is 0 Å². The summed E-state index contributed by atoms with van der Waals surface area (Å²) in [6, 6.07) is 9.81. The number of carbonyl (C=O) groups is 1. The number of aromatic nitrogens is 1. The number of likely N-dealkylation sites (tertiary alicyclic amines) is 1. The third kappa shape index (κ3) is 3.43. The Morgan fingerprint density at radius 2 is 2.10 bits per heavy atom. The van der Waals surface area contributed by atoms with Gasteiger partial charge in [-0.25, -0.2) is 0 Å². The van der Waals surface area contributed by atoms with Gasteiger partial charge >= 0.3 is 0 Å². The molecule has 160 valence electrons. The number of hydrogen-bond acceptors (Lipinski definition) is 4. The van der Waals surface area contributed by atoms with Gasteiger partial charge in [0.1, 0.15) is 11.5 Å². The highest BCUT2D eigenvalue weighted by atomic mass is 16.5. The molecule has 2 aromatic carbocycles. The molecule has 0 aliphatic carbocycles. The fourth-order valence-corrected chi connectivity index (χ4v) is 5.02. The van der Waals surface area contributed by atoms with Crippen LogP contribution in [-0.4, -0.2) is 33.4 Å². The van der Waals surface area contributed by atoms with Crippen molar-refractivity contribution in [3.8, 4) is 11.5 Å². The third-order valence-corrected chi connectivity index (χ3v) is 6.56. The molecule has 2 aliphatic heterocycles. The molecule has 1 atom stereocenters. The van der Waals surface area contributed by atoms with Gasteiger partial charge in [-0.15, -0.1) is 0 Å². The summed E-state index contributed by atoms with van der Waals surface area (Å²) in [5, 5.41) is 11.8. The monoisotopic (exact) mass is 416 g/mol. The average Bonchev–Trinajstić information content (AvgIpc) is 3.23. The van der Waals surface area contributed by atoms with Crippen LogP contribution in [0.15, 0.2) is 42.3 Å². The highest BCUT2D eigenvalue weighted by Gasteiger charge is 2.34. The number of para-hydroxylation sites is 1. The number of hydrogen-bond donors (Lipinski definition) is 1. The Labute approximate surface area is 182 Å². The van der Waals surface area contributed by atoms with Crippen molar-refractivity contribution in [1.29, 1.82) is 0 Å². The number of rotatable bonds is 3. The van der Waals surface area contributed by atoms with E-state index < -0.39 is 0 Å². The minimum absolute atomic E-state index is 0.117. The highest BCUT2D eigenvalue weighted by molar-refractivity contribution is 6.16. The fourth-order valence-electron chi connectivity index (χ4n) is 5.02. The number of allylic oxidation sites excluding steroid dienone is 1. The van der Waals surface area contributed by atoms with E-state index in [9.17, 15) is 9.90 Å². The summed E-state index contributed by atoms with van der Waals surface area (Å²) >= 11 is 0. The van der Waals surface area contributed by atoms with E-state index in [1.807, 2.05) is 49.0 Å². The maximum atomic E-state index is 13.3. The van der Waals surface area contributed by atoms with Crippen molar-refractivity contribution < 1.29 is 14.6 Å². The van der Waals surface area contributed by atoms with Crippen LogP contribution in [0.25, 0.3) is 17.0 Å². The Hall–Kier alpha value is -3.05. The molecule has 2 aliphatic rings. The summed E-state index contributed by atoms with van der Waals surface area (Å²) in [5.41, 5.74) is 4.08. The molecule has 1 fully saturated rings. The van der Waals surface area contributed by atoms with Crippen LogP contribution in [0, 0.1) is 12.8 Å². The molecule has 1 saturated heterocycles. The number of phenols is 1. The summed E-state index contributed by atoms with van der Waals surface area (Å²) in [7, 11) is 2.00. The zero-order valence-electron chi connectivity index (χ0n) is 18.3. The first-order valence-corrected chi connectivity index (χ1v) is 11.0. The number of aromatic hydroxyl groups is 1. The predicted octanol–water partition coefficient (Wildman–Crippen LogP) is 5.04. The zero-order valence-corrected chi connectivity index (χ0v) is 18.3. The number of Topliss-reactive ketones (excluding diaryl/α,β-unsaturated/α-hetero) is 1. The Morgan fingerprint density at radius 3 is 2.90 bits per heavy atom. The van der Waals surface area contributed by atoms with E-state index in [-0.39, 0.29) is 11.5 Å². The largest absolute Gasteiger partial charge is 0.507 e. The first kappa shape index (κ1) is 19.9. The quantitative estimate of drug-likeness (QED) is 0.608. The second-order valence-corrected chi connectivity index (χ2v) is 9.03. The van der Waals surface area contributed by atoms with Crippen LogP contribution in [0.1, 0.15) is 46.8 Å². The minimum atomic E-state index is -0.117. The lowest BCUT2D eigenvalue weighted by molar-refractivity contribution is 0.101. The van der Waals surface area contributed by atoms with Crippen molar-refractivity contribution in [2.75, 3.05) is 13.1 Å². The molecular formula is C26H28N2O3. The first-order valence-electron chi connectivity index (χ1n) is 11.0. The summed E-state index contributed by atoms with van der Waals surface area (Å²) in [6.07, 6.45) is 6.23. The predicted molar refractivity (Wildman–Crippen MR) is 122 cm³/mol. The lowest BCUT2D eigenvalue weighted by Gasteiger charge is -2.31. The Kier molecular flexibility index (Phi) is 4.86. The zero-order chi connectivity index (χ0) is 21.7. The standard InChI is InChI=1S/C26H28N2O3/c1-16-7-6-10-28(13-16)15-20-22(29)11-17(2)24-25(30)23(31-26(20)24)12-18-14-27(3)21-9-5-4-8-19(18)21/h4-5,8-9,11-12,14,16,29H,6-7,10,13,15H2,1-3H3/b23-12+. The van der Waals surface area contributed by atoms with E-state index in [4.69, 9.17) is 4.74 Å². The van der Waals surface area contributed by atoms with E-state index in [0.29, 0.717) is 35.1 Å². The first-order chi connectivity index (χ1) is 14.9. The molecule has 1 N–H and O–H groups in total. The molecule has 5 nitrogen and oxygen atoms in total. The normalized spacial score (nSPS) is 20.4. The fraction of sp³-hybridized carbons (Fsp3) is 0.346. The van der Waals surface area contributed by atoms with Gasteiger partial charge in [-0.05, 0) is 56.0 Å². The van der Waals surface area contributed by atoms with Gasteiger partial charge in [-0.2, -0.15) is 0 Å². The lowest BCUT2D eigenvalue weighted by atomic mass is 9.97. The molecule has 0 radical (unpaired) electrons. The van der Waals surface area contributed by atoms with Crippen molar-refractivity contribution in [2.24, 2.45) is 13.0 Å². The van der Waals surface area contributed by atoms with Crippen LogP contribution in [0.2, 0.25) is 0 Å². The molecule has 1 unspecified atom stereocenters. The number of aryl methyl sites for hydroxylation is 2. The van der Waals surface area contributed by atoms with Crippen molar-refractivity contribution in [3.05, 3.63) is 64.5 Å². The molecule has 1 aromatic heterocycles. The lowest BCUT2D eigenvalue weighted by Crippen LogP contribution is -2.33. The highest BCUT2D eigenvalue weighted by Crippen LogP contribution is 2.43. The number of fused-ring (bicyclic) bond motifs is 2. The molecule has 5 rings (SSSR count). The summed E-state index contributed by atoms with van der Waals surface area (Å²) in [5.74, 6) is 1.56. The second-order valence-electron chi connectivity index (χ2n) is 9.03. The number of phenolic OH excluding ortho intramolecular Hbond substituents is 1. The van der Waals surface area contributed by atoms with E-state index in [1.54, 1.807) is 6.07 Å². The number of ketones is 1. The molecule has 0 bridgehead atoms. The molecular weight excluding hydrogens is 388 g/mol. The van der Waals surface area contributed by atoms with Crippen LogP contribution < -0.4 is 4.74 Å². The van der Waals surface area contributed by atoms with Gasteiger partial charge in [0.2, 0.25) is 5.78 Å². The van der Waals surface area contributed by atoms with Crippen LogP contribution >= 0.6 is 0 Å². The van der Waals surface area contributed by atoms with Crippen LogP contribution in [0.4, 0.5) is 0 Å². The van der Waals surface area contributed by atoms with Gasteiger partial charge < -0.3 is 14.4 Å². The SMILES string of the molecule is Cc1cc(O)c(CN2CCCC(C)C2)c2c1C(=O)/C(=C\c1cn(C)c3ccccc13)O2. The summed E-state index contributed by atoms with van der Waals surface area (Å²) < 4.78 is 8.21. The van der Waals surface area contributed by atoms with Crippen LogP contribution in [0.5, 0.6) is 11.5 Å². The molecule has 0 saturated carbocycles. The molecule has 0 amide bonds. The third-order valence-electron chi connectivity index (χ3n) is 6.56. The smallest absolute Gasteiger partial charge is 0.232 e. The number of benzene rings is 2. The van der Waals surface area contributed by atoms with Gasteiger partial charge in [0.05, 0.1) is 11.1 Å². The van der Waals surface area contributed by atoms with Crippen LogP contribution in [-0.2, 0) is 13.6 Å². The minimum Gasteiger partial charge on any atom is -0.507 e. The number of carbonyl (C=O) groups excluding carboxylic acids is 1. The maximum absolute atomic E-state index is 13.3. The van der Waals surface area contributed by atoms with E-state index in [1.165, 1.54) is 6.42 Å². The number of nitrogens with zero attached hydrogens (tertiary/aromatic N) is 2. The second kappa shape index (κ2) is 7.57. The van der Waals surface area contributed by atoms with Crippen molar-refractivity contribution in [1.82, 2.24) is 9.47 Å². The van der Waals surface area contributed by atoms with Crippen molar-refractivity contribution >= 4 is 22.8 Å². The average molecular weight is 417 g/mol. The topological polar surface area (TPSA) is 54.7 Å². The molecule has 0 spiro atoms. The van der Waals surface area contributed by atoms with Crippen molar-refractivity contribution in [2.45, 2.75) is 33.2 Å². The van der Waals surface area contributed by atoms with Gasteiger partial charge in [0.15, 0.2) is 5.76 Å². The maximum Gasteiger partial charge on any atom is 0.232 e. The Balaban J connectivity index is 1.54. The van der Waals surface area contributed by atoms with Gasteiger partial charge in [0, 0.05) is 42.8 Å². The molecule has 5 heteroatoms. The van der Waals surface area contributed by atoms with Crippen molar-refractivity contribution in [3.63, 3.8) is 0 Å². The van der Waals surface area contributed by atoms with E-state index in [2.05, 4.69) is 17.9 Å². The molecule has 3 aromatic rings. The van der Waals surface area contributed by atoms with Gasteiger partial charge in [-0.1, -0.05) is 25.1 Å². The molecule has 31 heavy (non-hydrogen) atoms. The number of ether oxygens (including phenoxy) is 1. The summed E-state index contributed by atoms with van der Waals surface area (Å²) in [4.78, 5) is 15.6. The van der Waals surface area contributed by atoms with Gasteiger partial charge in [0.25, 0.3) is 0 Å². The number of piperidine rings is 1.